The molecule has 5 heteroatoms. The van der Waals surface area contributed by atoms with Crippen molar-refractivity contribution >= 4 is 12.0 Å². The number of aromatic nitrogens is 2. The Labute approximate surface area is 135 Å². The molecule has 1 saturated heterocycles. The number of β-amino-alcohol motifs (C(OH)–C–C–N with tert-alkyl or cyclic N) is 1. The Hall–Kier alpha value is -2.40. The molecule has 0 aliphatic carbocycles. The van der Waals surface area contributed by atoms with Gasteiger partial charge in [0, 0.05) is 19.2 Å². The first-order chi connectivity index (χ1) is 11.2. The minimum Gasteiger partial charge on any atom is -0.391 e. The number of hydrogen-bond donors (Lipinski definition) is 2. The van der Waals surface area contributed by atoms with E-state index in [1.54, 1.807) is 23.5 Å². The largest absolute Gasteiger partial charge is 0.391 e. The van der Waals surface area contributed by atoms with E-state index in [1.807, 2.05) is 18.2 Å². The van der Waals surface area contributed by atoms with Gasteiger partial charge in [0.1, 0.15) is 0 Å². The van der Waals surface area contributed by atoms with Crippen molar-refractivity contribution in [3.8, 4) is 0 Å². The topological polar surface area (TPSA) is 69.2 Å². The molecular weight excluding hydrogens is 290 g/mol. The Bertz CT molecular complexity index is 652. The van der Waals surface area contributed by atoms with E-state index in [0.717, 1.165) is 18.5 Å². The monoisotopic (exact) mass is 311 g/mol. The number of H-pyrrole nitrogens is 1. The highest BCUT2D eigenvalue weighted by Gasteiger charge is 2.29. The van der Waals surface area contributed by atoms with E-state index in [2.05, 4.69) is 22.1 Å². The fourth-order valence-corrected chi connectivity index (χ4v) is 2.96. The molecule has 0 saturated carbocycles. The summed E-state index contributed by atoms with van der Waals surface area (Å²) in [6, 6.07) is 10.2. The van der Waals surface area contributed by atoms with E-state index in [-0.39, 0.29) is 11.8 Å². The molecule has 3 rings (SSSR count). The molecule has 0 bridgehead atoms. The number of piperidine rings is 1. The van der Waals surface area contributed by atoms with Crippen LogP contribution in [0.4, 0.5) is 0 Å². The normalized spacial score (nSPS) is 21.7. The van der Waals surface area contributed by atoms with Crippen molar-refractivity contribution in [2.75, 3.05) is 13.1 Å². The highest BCUT2D eigenvalue weighted by Crippen LogP contribution is 2.22. The lowest BCUT2D eigenvalue weighted by Gasteiger charge is -2.35. The average Bonchev–Trinajstić information content (AvgIpc) is 3.09. The number of nitrogens with zero attached hydrogens (tertiary/aromatic N) is 2. The number of carbonyl (C=O) groups is 1. The summed E-state index contributed by atoms with van der Waals surface area (Å²) in [7, 11) is 0. The van der Waals surface area contributed by atoms with Crippen LogP contribution in [0.3, 0.4) is 0 Å². The minimum atomic E-state index is -0.478. The summed E-state index contributed by atoms with van der Waals surface area (Å²) >= 11 is 0. The number of rotatable bonds is 4. The van der Waals surface area contributed by atoms with Gasteiger partial charge in [-0.15, -0.1) is 0 Å². The van der Waals surface area contributed by atoms with Crippen LogP contribution in [0.2, 0.25) is 0 Å². The standard InChI is InChI=1S/C18H21N3O2/c22-17-12-21(18(23)7-6-16-11-19-13-20-16)9-8-15(17)10-14-4-2-1-3-5-14/h1-7,11,13,15,17,22H,8-10,12H2,(H,19,20)/b7-6+/t15-,17-/m1/s1. The van der Waals surface area contributed by atoms with Gasteiger partial charge in [0.25, 0.3) is 0 Å². The number of likely N-dealkylation sites (tertiary alicyclic amines) is 1. The Morgan fingerprint density at radius 3 is 2.91 bits per heavy atom. The summed E-state index contributed by atoms with van der Waals surface area (Å²) in [5, 5.41) is 10.4. The van der Waals surface area contributed by atoms with Gasteiger partial charge in [0.05, 0.1) is 24.3 Å². The summed E-state index contributed by atoms with van der Waals surface area (Å²) in [5.74, 6) is 0.134. The lowest BCUT2D eigenvalue weighted by Crippen LogP contribution is -2.46. The Morgan fingerprint density at radius 1 is 1.39 bits per heavy atom. The third-order valence-corrected chi connectivity index (χ3v) is 4.30. The maximum atomic E-state index is 12.2. The summed E-state index contributed by atoms with van der Waals surface area (Å²) < 4.78 is 0. The first-order valence-electron chi connectivity index (χ1n) is 7.90. The second-order valence-corrected chi connectivity index (χ2v) is 5.93. The van der Waals surface area contributed by atoms with Gasteiger partial charge < -0.3 is 15.0 Å². The maximum Gasteiger partial charge on any atom is 0.246 e. The highest BCUT2D eigenvalue weighted by molar-refractivity contribution is 5.91. The number of benzene rings is 1. The molecule has 23 heavy (non-hydrogen) atoms. The van der Waals surface area contributed by atoms with Crippen LogP contribution < -0.4 is 0 Å². The second-order valence-electron chi connectivity index (χ2n) is 5.93. The zero-order valence-electron chi connectivity index (χ0n) is 12.9. The van der Waals surface area contributed by atoms with Gasteiger partial charge in [-0.3, -0.25) is 4.79 Å². The lowest BCUT2D eigenvalue weighted by molar-refractivity contribution is -0.130. The molecule has 2 aromatic rings. The maximum absolute atomic E-state index is 12.2. The number of aliphatic hydroxyl groups is 1. The van der Waals surface area contributed by atoms with Crippen LogP contribution in [0.5, 0.6) is 0 Å². The van der Waals surface area contributed by atoms with Gasteiger partial charge in [-0.25, -0.2) is 4.98 Å². The molecule has 1 aromatic carbocycles. The van der Waals surface area contributed by atoms with Crippen molar-refractivity contribution in [3.05, 3.63) is 60.2 Å². The van der Waals surface area contributed by atoms with Crippen molar-refractivity contribution in [1.29, 1.82) is 0 Å². The van der Waals surface area contributed by atoms with E-state index in [1.165, 1.54) is 11.6 Å². The number of nitrogens with one attached hydrogen (secondary N) is 1. The number of aromatic amines is 1. The smallest absolute Gasteiger partial charge is 0.246 e. The fourth-order valence-electron chi connectivity index (χ4n) is 2.96. The Kier molecular flexibility index (Phi) is 4.88. The van der Waals surface area contributed by atoms with Crippen molar-refractivity contribution in [3.63, 3.8) is 0 Å². The van der Waals surface area contributed by atoms with Crippen molar-refractivity contribution in [2.24, 2.45) is 5.92 Å². The summed E-state index contributed by atoms with van der Waals surface area (Å²) in [6.07, 6.45) is 7.66. The van der Waals surface area contributed by atoms with E-state index in [0.29, 0.717) is 13.1 Å². The van der Waals surface area contributed by atoms with E-state index < -0.39 is 6.10 Å². The molecule has 0 radical (unpaired) electrons. The number of imidazole rings is 1. The van der Waals surface area contributed by atoms with Crippen molar-refractivity contribution < 1.29 is 9.90 Å². The predicted octanol–water partition coefficient (Wildman–Crippen LogP) is 1.88. The lowest BCUT2D eigenvalue weighted by atomic mass is 9.88. The molecule has 2 heterocycles. The summed E-state index contributed by atoms with van der Waals surface area (Å²) in [5.41, 5.74) is 2.02. The van der Waals surface area contributed by atoms with Gasteiger partial charge in [0.2, 0.25) is 5.91 Å². The fraction of sp³-hybridized carbons (Fsp3) is 0.333. The van der Waals surface area contributed by atoms with Crippen LogP contribution in [-0.4, -0.2) is 45.1 Å². The molecule has 1 amide bonds. The van der Waals surface area contributed by atoms with E-state index in [4.69, 9.17) is 0 Å². The van der Waals surface area contributed by atoms with Crippen LogP contribution in [0.1, 0.15) is 17.7 Å². The zero-order chi connectivity index (χ0) is 16.1. The molecule has 2 atom stereocenters. The molecule has 1 aliphatic rings. The molecule has 0 spiro atoms. The predicted molar refractivity (Wildman–Crippen MR) is 88.5 cm³/mol. The van der Waals surface area contributed by atoms with Gasteiger partial charge in [-0.1, -0.05) is 30.3 Å². The number of amides is 1. The molecule has 1 aliphatic heterocycles. The first-order valence-corrected chi connectivity index (χ1v) is 7.90. The highest BCUT2D eigenvalue weighted by atomic mass is 16.3. The van der Waals surface area contributed by atoms with Gasteiger partial charge in [-0.05, 0) is 30.4 Å². The van der Waals surface area contributed by atoms with Crippen molar-refractivity contribution in [1.82, 2.24) is 14.9 Å². The minimum absolute atomic E-state index is 0.0724. The Balaban J connectivity index is 1.54. The van der Waals surface area contributed by atoms with Crippen LogP contribution in [0.15, 0.2) is 48.9 Å². The molecule has 1 aromatic heterocycles. The van der Waals surface area contributed by atoms with Crippen LogP contribution in [-0.2, 0) is 11.2 Å². The van der Waals surface area contributed by atoms with E-state index >= 15 is 0 Å². The number of carbonyl (C=O) groups excluding carboxylic acids is 1. The van der Waals surface area contributed by atoms with Crippen LogP contribution in [0.25, 0.3) is 6.08 Å². The molecule has 0 unspecified atom stereocenters. The molecule has 2 N–H and O–H groups in total. The van der Waals surface area contributed by atoms with E-state index in [9.17, 15) is 9.90 Å². The van der Waals surface area contributed by atoms with Gasteiger partial charge in [-0.2, -0.15) is 0 Å². The summed E-state index contributed by atoms with van der Waals surface area (Å²) in [4.78, 5) is 20.7. The average molecular weight is 311 g/mol. The Morgan fingerprint density at radius 2 is 2.22 bits per heavy atom. The van der Waals surface area contributed by atoms with Crippen LogP contribution >= 0.6 is 0 Å². The SMILES string of the molecule is O=C(/C=C/c1cnc[nH]1)N1CC[C@H](Cc2ccccc2)[C@H](O)C1. The second kappa shape index (κ2) is 7.24. The van der Waals surface area contributed by atoms with Gasteiger partial charge in [0.15, 0.2) is 0 Å². The number of hydrogen-bond acceptors (Lipinski definition) is 3. The molecule has 120 valence electrons. The molecular formula is C18H21N3O2. The summed E-state index contributed by atoms with van der Waals surface area (Å²) in [6.45, 7) is 1.07. The molecule has 1 fully saturated rings. The first kappa shape index (κ1) is 15.5. The third kappa shape index (κ3) is 4.07. The van der Waals surface area contributed by atoms with Crippen molar-refractivity contribution in [2.45, 2.75) is 18.9 Å². The van der Waals surface area contributed by atoms with Crippen LogP contribution in [0, 0.1) is 5.92 Å². The quantitative estimate of drug-likeness (QED) is 0.847. The third-order valence-electron chi connectivity index (χ3n) is 4.30. The zero-order valence-corrected chi connectivity index (χ0v) is 12.9. The number of aliphatic hydroxyl groups excluding tert-OH is 1. The van der Waals surface area contributed by atoms with Gasteiger partial charge >= 0.3 is 0 Å². The molecule has 5 nitrogen and oxygen atoms in total.